The van der Waals surface area contributed by atoms with E-state index in [9.17, 15) is 19.5 Å². The highest BCUT2D eigenvalue weighted by molar-refractivity contribution is 7.18. The molecular formula is C20H19N3O6S. The van der Waals surface area contributed by atoms with Crippen LogP contribution in [0.15, 0.2) is 41.5 Å². The number of rotatable bonds is 5. The predicted octanol–water partition coefficient (Wildman–Crippen LogP) is 2.66. The minimum absolute atomic E-state index is 0.0728. The Kier molecular flexibility index (Phi) is 5.40. The second-order valence-corrected chi connectivity index (χ2v) is 8.12. The van der Waals surface area contributed by atoms with Gasteiger partial charge in [-0.2, -0.15) is 0 Å². The zero-order chi connectivity index (χ0) is 21.3. The summed E-state index contributed by atoms with van der Waals surface area (Å²) in [6.07, 6.45) is 3.36. The average molecular weight is 429 g/mol. The molecule has 2 aromatic heterocycles. The molecule has 1 saturated heterocycles. The fraction of sp³-hybridized carbons (Fsp3) is 0.300. The highest BCUT2D eigenvalue weighted by Crippen LogP contribution is 2.24. The zero-order valence-electron chi connectivity index (χ0n) is 15.9. The zero-order valence-corrected chi connectivity index (χ0v) is 16.7. The van der Waals surface area contributed by atoms with Gasteiger partial charge in [0.15, 0.2) is 5.75 Å². The maximum atomic E-state index is 12.6. The van der Waals surface area contributed by atoms with E-state index in [0.29, 0.717) is 18.0 Å². The van der Waals surface area contributed by atoms with Crippen molar-refractivity contribution < 1.29 is 24.5 Å². The lowest BCUT2D eigenvalue weighted by atomic mass is 10.2. The maximum absolute atomic E-state index is 12.6. The molecule has 1 aliphatic rings. The van der Waals surface area contributed by atoms with Crippen LogP contribution in [-0.4, -0.2) is 49.3 Å². The molecule has 1 aromatic carbocycles. The minimum Gasteiger partial charge on any atom is -0.503 e. The third-order valence-electron chi connectivity index (χ3n) is 4.98. The first-order valence-corrected chi connectivity index (χ1v) is 10.2. The number of pyridine rings is 1. The van der Waals surface area contributed by atoms with Crippen molar-refractivity contribution >= 4 is 33.6 Å². The van der Waals surface area contributed by atoms with E-state index >= 15 is 0 Å². The average Bonchev–Trinajstić information content (AvgIpc) is 3.35. The monoisotopic (exact) mass is 429 g/mol. The van der Waals surface area contributed by atoms with Gasteiger partial charge < -0.3 is 24.4 Å². The van der Waals surface area contributed by atoms with Crippen molar-refractivity contribution in [3.05, 3.63) is 57.5 Å². The first kappa shape index (κ1) is 19.9. The summed E-state index contributed by atoms with van der Waals surface area (Å²) in [4.78, 5) is 41.6. The standard InChI is InChI=1S/C20H19N3O6S/c24-15-10-22(9-13(18(15)25)19(26)27)8-12-4-3-7-23(12)20(28)29-11-17-21-14-5-1-2-6-16(14)30-17/h1-2,5-6,9-10,12,24H,3-4,7-8,11H2,(H,26,27)/t12-/m0/s1. The lowest BCUT2D eigenvalue weighted by Gasteiger charge is -2.25. The number of carbonyl (C=O) groups excluding carboxylic acids is 1. The minimum atomic E-state index is -1.41. The Hall–Kier alpha value is -3.40. The number of hydrogen-bond acceptors (Lipinski definition) is 7. The molecule has 1 atom stereocenters. The summed E-state index contributed by atoms with van der Waals surface area (Å²) >= 11 is 1.47. The van der Waals surface area contributed by atoms with Gasteiger partial charge in [0, 0.05) is 25.5 Å². The number of nitrogens with zero attached hydrogens (tertiary/aromatic N) is 3. The summed E-state index contributed by atoms with van der Waals surface area (Å²) in [6.45, 7) is 0.828. The van der Waals surface area contributed by atoms with Crippen molar-refractivity contribution in [1.29, 1.82) is 0 Å². The van der Waals surface area contributed by atoms with Crippen molar-refractivity contribution in [2.24, 2.45) is 0 Å². The molecule has 1 amide bonds. The van der Waals surface area contributed by atoms with Gasteiger partial charge in [0.2, 0.25) is 5.43 Å². The van der Waals surface area contributed by atoms with E-state index in [0.717, 1.165) is 16.6 Å². The van der Waals surface area contributed by atoms with Crippen LogP contribution < -0.4 is 5.43 Å². The molecule has 0 unspecified atom stereocenters. The summed E-state index contributed by atoms with van der Waals surface area (Å²) in [5, 5.41) is 19.6. The van der Waals surface area contributed by atoms with E-state index in [1.165, 1.54) is 28.3 Å². The number of aromatic carboxylic acids is 1. The number of aromatic nitrogens is 2. The Labute approximate surface area is 174 Å². The fourth-order valence-corrected chi connectivity index (χ4v) is 4.45. The van der Waals surface area contributed by atoms with Crippen LogP contribution in [0.5, 0.6) is 5.75 Å². The molecular weight excluding hydrogens is 410 g/mol. The highest BCUT2D eigenvalue weighted by atomic mass is 32.1. The number of thiazole rings is 1. The summed E-state index contributed by atoms with van der Waals surface area (Å²) < 4.78 is 7.89. The Morgan fingerprint density at radius 3 is 2.83 bits per heavy atom. The smallest absolute Gasteiger partial charge is 0.410 e. The van der Waals surface area contributed by atoms with Gasteiger partial charge in [0.1, 0.15) is 17.2 Å². The fourth-order valence-electron chi connectivity index (χ4n) is 3.57. The van der Waals surface area contributed by atoms with Gasteiger partial charge in [-0.15, -0.1) is 11.3 Å². The molecule has 0 radical (unpaired) electrons. The number of carboxylic acid groups (broad SMARTS) is 1. The molecule has 156 valence electrons. The van der Waals surface area contributed by atoms with Crippen LogP contribution in [0.25, 0.3) is 10.2 Å². The summed E-state index contributed by atoms with van der Waals surface area (Å²) in [7, 11) is 0. The van der Waals surface area contributed by atoms with E-state index in [1.54, 1.807) is 4.90 Å². The van der Waals surface area contributed by atoms with Crippen LogP contribution in [0.4, 0.5) is 4.79 Å². The van der Waals surface area contributed by atoms with Crippen LogP contribution in [0.1, 0.15) is 28.2 Å². The van der Waals surface area contributed by atoms with E-state index in [4.69, 9.17) is 9.84 Å². The maximum Gasteiger partial charge on any atom is 0.410 e. The van der Waals surface area contributed by atoms with Crippen LogP contribution in [-0.2, 0) is 17.9 Å². The molecule has 1 fully saturated rings. The van der Waals surface area contributed by atoms with Crippen molar-refractivity contribution in [3.63, 3.8) is 0 Å². The number of amides is 1. The Balaban J connectivity index is 1.43. The van der Waals surface area contributed by atoms with E-state index < -0.39 is 28.8 Å². The number of para-hydroxylation sites is 1. The molecule has 0 saturated carbocycles. The molecule has 0 spiro atoms. The van der Waals surface area contributed by atoms with Crippen molar-refractivity contribution in [2.75, 3.05) is 6.54 Å². The van der Waals surface area contributed by atoms with Gasteiger partial charge >= 0.3 is 12.1 Å². The SMILES string of the molecule is O=C(O)c1cn(C[C@@H]2CCCN2C(=O)OCc2nc3ccccc3s2)cc(O)c1=O. The molecule has 2 N–H and O–H groups in total. The van der Waals surface area contributed by atoms with Gasteiger partial charge in [-0.3, -0.25) is 4.79 Å². The van der Waals surface area contributed by atoms with E-state index in [-0.39, 0.29) is 19.2 Å². The molecule has 9 nitrogen and oxygen atoms in total. The Morgan fingerprint density at radius 2 is 2.07 bits per heavy atom. The quantitative estimate of drug-likeness (QED) is 0.639. The number of fused-ring (bicyclic) bond motifs is 1. The van der Waals surface area contributed by atoms with Crippen molar-refractivity contribution in [3.8, 4) is 5.75 Å². The molecule has 1 aliphatic heterocycles. The summed E-state index contributed by atoms with van der Waals surface area (Å²) in [6, 6.07) is 7.45. The Morgan fingerprint density at radius 1 is 1.27 bits per heavy atom. The number of benzene rings is 1. The van der Waals surface area contributed by atoms with Crippen LogP contribution >= 0.6 is 11.3 Å². The van der Waals surface area contributed by atoms with Crippen molar-refractivity contribution in [2.45, 2.75) is 32.0 Å². The summed E-state index contributed by atoms with van der Waals surface area (Å²) in [5.41, 5.74) is -0.588. The molecule has 3 aromatic rings. The number of aromatic hydroxyl groups is 1. The van der Waals surface area contributed by atoms with Gasteiger partial charge in [-0.25, -0.2) is 14.6 Å². The topological polar surface area (TPSA) is 122 Å². The van der Waals surface area contributed by atoms with E-state index in [1.807, 2.05) is 24.3 Å². The van der Waals surface area contributed by atoms with Gasteiger partial charge in [-0.1, -0.05) is 12.1 Å². The van der Waals surface area contributed by atoms with Gasteiger partial charge in [-0.05, 0) is 25.0 Å². The normalized spacial score (nSPS) is 16.1. The first-order chi connectivity index (χ1) is 14.4. The third kappa shape index (κ3) is 3.99. The molecule has 10 heteroatoms. The number of hydrogen-bond donors (Lipinski definition) is 2. The van der Waals surface area contributed by atoms with Gasteiger partial charge in [0.05, 0.1) is 16.3 Å². The number of likely N-dealkylation sites (tertiary alicyclic amines) is 1. The Bertz CT molecular complexity index is 1140. The predicted molar refractivity (Wildman–Crippen MR) is 109 cm³/mol. The van der Waals surface area contributed by atoms with Gasteiger partial charge in [0.25, 0.3) is 0 Å². The van der Waals surface area contributed by atoms with Crippen LogP contribution in [0, 0.1) is 0 Å². The summed E-state index contributed by atoms with van der Waals surface area (Å²) in [5.74, 6) is -2.05. The number of carboxylic acids is 1. The molecule has 30 heavy (non-hydrogen) atoms. The molecule has 0 aliphatic carbocycles. The second-order valence-electron chi connectivity index (χ2n) is 7.01. The van der Waals surface area contributed by atoms with Crippen LogP contribution in [0.3, 0.4) is 0 Å². The number of carbonyl (C=O) groups is 2. The lowest BCUT2D eigenvalue weighted by Crippen LogP contribution is -2.38. The molecule has 3 heterocycles. The first-order valence-electron chi connectivity index (χ1n) is 9.36. The molecule has 0 bridgehead atoms. The lowest BCUT2D eigenvalue weighted by molar-refractivity contribution is 0.0692. The second kappa shape index (κ2) is 8.15. The number of ether oxygens (including phenoxy) is 1. The third-order valence-corrected chi connectivity index (χ3v) is 5.99. The van der Waals surface area contributed by atoms with Crippen molar-refractivity contribution in [1.82, 2.24) is 14.5 Å². The van der Waals surface area contributed by atoms with E-state index in [2.05, 4.69) is 4.98 Å². The highest BCUT2D eigenvalue weighted by Gasteiger charge is 2.30. The largest absolute Gasteiger partial charge is 0.503 e. The van der Waals surface area contributed by atoms with Crippen LogP contribution in [0.2, 0.25) is 0 Å². The molecule has 4 rings (SSSR count).